The fraction of sp³-hybridized carbons (Fsp3) is 0.471. The topological polar surface area (TPSA) is 76.1 Å². The van der Waals surface area contributed by atoms with Crippen LogP contribution in [-0.4, -0.2) is 34.3 Å². The number of nitrogen functional groups attached to an aromatic ring is 2. The molecule has 10 heteroatoms. The number of benzene rings is 2. The van der Waals surface area contributed by atoms with Crippen LogP contribution >= 0.6 is 0 Å². The molecule has 238 valence electrons. The Labute approximate surface area is 275 Å². The summed E-state index contributed by atoms with van der Waals surface area (Å²) < 4.78 is 9.44. The first-order valence-corrected chi connectivity index (χ1v) is 15.9. The molecule has 4 N–H and O–H groups in total. The second-order valence-electron chi connectivity index (χ2n) is 12.3. The van der Waals surface area contributed by atoms with Crippen molar-refractivity contribution in [3.63, 3.8) is 0 Å². The summed E-state index contributed by atoms with van der Waals surface area (Å²) in [5.41, 5.74) is 16.0. The van der Waals surface area contributed by atoms with Gasteiger partial charge < -0.3 is 46.1 Å². The predicted molar refractivity (Wildman–Crippen MR) is 170 cm³/mol. The number of hydrogen-bond acceptors (Lipinski definition) is 4. The van der Waals surface area contributed by atoms with Crippen molar-refractivity contribution in [1.29, 1.82) is 0 Å². The van der Waals surface area contributed by atoms with Crippen LogP contribution in [0.4, 0.5) is 22.7 Å². The quantitative estimate of drug-likeness (QED) is 0.108. The highest BCUT2D eigenvalue weighted by Gasteiger charge is 2.28. The van der Waals surface area contributed by atoms with Crippen LogP contribution in [0, 0.1) is 0 Å². The van der Waals surface area contributed by atoms with Crippen LogP contribution in [0.25, 0.3) is 0 Å². The molecule has 2 aliphatic rings. The van der Waals surface area contributed by atoms with Crippen LogP contribution in [0.15, 0.2) is 86.0 Å². The van der Waals surface area contributed by atoms with E-state index in [-0.39, 0.29) is 24.8 Å². The van der Waals surface area contributed by atoms with Gasteiger partial charge in [0.25, 0.3) is 0 Å². The van der Waals surface area contributed by atoms with Crippen molar-refractivity contribution >= 4 is 22.7 Å². The summed E-state index contributed by atoms with van der Waals surface area (Å²) in [5, 5.41) is 0. The van der Waals surface area contributed by atoms with Gasteiger partial charge in [0.1, 0.15) is 37.9 Å². The summed E-state index contributed by atoms with van der Waals surface area (Å²) in [6, 6.07) is 17.8. The molecule has 44 heavy (non-hydrogen) atoms. The van der Waals surface area contributed by atoms with Crippen molar-refractivity contribution in [2.75, 3.05) is 34.4 Å². The van der Waals surface area contributed by atoms with Crippen molar-refractivity contribution in [2.45, 2.75) is 89.6 Å². The number of halogens is 2. The number of anilines is 4. The van der Waals surface area contributed by atoms with E-state index in [1.165, 1.54) is 62.7 Å². The summed E-state index contributed by atoms with van der Waals surface area (Å²) in [6.45, 7) is 6.51. The second kappa shape index (κ2) is 16.1. The molecule has 2 atom stereocenters. The largest absolute Gasteiger partial charge is 1.00 e. The molecule has 6 rings (SSSR count). The van der Waals surface area contributed by atoms with Gasteiger partial charge in [0.15, 0.2) is 0 Å². The highest BCUT2D eigenvalue weighted by Crippen LogP contribution is 2.28. The van der Waals surface area contributed by atoms with Crippen molar-refractivity contribution in [3.05, 3.63) is 86.0 Å². The molecule has 2 fully saturated rings. The average molecular weight is 640 g/mol. The predicted octanol–water partition coefficient (Wildman–Crippen LogP) is -1.36. The molecule has 4 heterocycles. The summed E-state index contributed by atoms with van der Waals surface area (Å²) in [6.07, 6.45) is 23.5. The van der Waals surface area contributed by atoms with Gasteiger partial charge in [-0.3, -0.25) is 0 Å². The Morgan fingerprint density at radius 3 is 1.86 bits per heavy atom. The van der Waals surface area contributed by atoms with Crippen molar-refractivity contribution in [2.24, 2.45) is 0 Å². The van der Waals surface area contributed by atoms with E-state index in [1.54, 1.807) is 0 Å². The van der Waals surface area contributed by atoms with Crippen LogP contribution in [0.2, 0.25) is 0 Å². The molecule has 4 aromatic rings. The maximum Gasteiger partial charge on any atom is 0.243 e. The fourth-order valence-corrected chi connectivity index (χ4v) is 6.85. The van der Waals surface area contributed by atoms with E-state index in [1.807, 2.05) is 24.3 Å². The molecular weight excluding hydrogens is 591 g/mol. The number of aromatic nitrogens is 4. The number of nitrogens with two attached hydrogens (primary N) is 2. The first-order chi connectivity index (χ1) is 20.6. The standard InChI is InChI=1S/C34H48N8.2ClH/c35-29-9-13-31(14-10-29)41-19-5-7-33(41)25-39-23-21-37(27-39)17-3-1-2-4-18-38-22-24-40(28-38)26-34-8-6-20-42(34)32-15-11-30(36)12-16-32;;/h9-16,21-24,27-28,33-34H,1-8,17-20,25-26,35-36H2;2*1H/q+2;;/p-2. The molecule has 2 unspecified atom stereocenters. The third kappa shape index (κ3) is 8.63. The molecule has 0 amide bonds. The maximum atomic E-state index is 5.90. The summed E-state index contributed by atoms with van der Waals surface area (Å²) >= 11 is 0. The number of aryl methyl sites for hydroxylation is 2. The summed E-state index contributed by atoms with van der Waals surface area (Å²) in [7, 11) is 0. The van der Waals surface area contributed by atoms with Gasteiger partial charge in [0, 0.05) is 35.8 Å². The van der Waals surface area contributed by atoms with Gasteiger partial charge in [-0.05, 0) is 99.9 Å². The normalized spacial score (nSPS) is 17.9. The molecule has 2 aromatic carbocycles. The highest BCUT2D eigenvalue weighted by atomic mass is 35.5. The first-order valence-electron chi connectivity index (χ1n) is 15.9. The van der Waals surface area contributed by atoms with E-state index in [9.17, 15) is 0 Å². The zero-order chi connectivity index (χ0) is 28.7. The Kier molecular flexibility index (Phi) is 12.3. The van der Waals surface area contributed by atoms with Crippen LogP contribution in [0.5, 0.6) is 0 Å². The van der Waals surface area contributed by atoms with Crippen LogP contribution in [0.3, 0.4) is 0 Å². The summed E-state index contributed by atoms with van der Waals surface area (Å²) in [4.78, 5) is 5.09. The van der Waals surface area contributed by atoms with Gasteiger partial charge in [-0.25, -0.2) is 18.3 Å². The van der Waals surface area contributed by atoms with E-state index >= 15 is 0 Å². The van der Waals surface area contributed by atoms with Gasteiger partial charge in [0.2, 0.25) is 12.7 Å². The Morgan fingerprint density at radius 2 is 1.18 bits per heavy atom. The smallest absolute Gasteiger partial charge is 0.243 e. The lowest BCUT2D eigenvalue weighted by Crippen LogP contribution is -3.00. The number of unbranched alkanes of at least 4 members (excludes halogenated alkanes) is 3. The molecule has 0 aliphatic carbocycles. The average Bonchev–Trinajstić information content (AvgIpc) is 3.81. The van der Waals surface area contributed by atoms with Crippen molar-refractivity contribution < 1.29 is 33.9 Å². The van der Waals surface area contributed by atoms with Gasteiger partial charge in [-0.2, -0.15) is 0 Å². The molecule has 8 nitrogen and oxygen atoms in total. The molecule has 2 saturated heterocycles. The molecule has 2 aliphatic heterocycles. The lowest BCUT2D eigenvalue weighted by molar-refractivity contribution is -0.698. The maximum absolute atomic E-state index is 5.90. The Balaban J connectivity index is 0.00000221. The molecule has 0 bridgehead atoms. The lowest BCUT2D eigenvalue weighted by Gasteiger charge is -2.25. The van der Waals surface area contributed by atoms with E-state index < -0.39 is 0 Å². The zero-order valence-electron chi connectivity index (χ0n) is 25.7. The second-order valence-corrected chi connectivity index (χ2v) is 12.3. The van der Waals surface area contributed by atoms with Gasteiger partial charge in [0.05, 0.1) is 25.2 Å². The van der Waals surface area contributed by atoms with Gasteiger partial charge in [-0.1, -0.05) is 0 Å². The third-order valence-corrected chi connectivity index (χ3v) is 9.12. The number of hydrogen-bond donors (Lipinski definition) is 2. The van der Waals surface area contributed by atoms with E-state index in [2.05, 4.69) is 89.8 Å². The van der Waals surface area contributed by atoms with E-state index in [4.69, 9.17) is 11.5 Å². The highest BCUT2D eigenvalue weighted by molar-refractivity contribution is 5.55. The zero-order valence-corrected chi connectivity index (χ0v) is 27.2. The van der Waals surface area contributed by atoms with Crippen LogP contribution in [0.1, 0.15) is 51.4 Å². The lowest BCUT2D eigenvalue weighted by atomic mass is 10.2. The Bertz CT molecular complexity index is 1290. The molecule has 0 saturated carbocycles. The molecular formula is C34H48Cl2N8. The SMILES string of the molecule is Nc1ccc(N2CCCC2Cn2cc[n+](CCCCCCn3cc[n+](CC4CCCN4c4ccc(N)cc4)c3)c2)cc1.[Cl-].[Cl-]. The number of nitrogens with zero attached hydrogens (tertiary/aromatic N) is 6. The third-order valence-electron chi connectivity index (χ3n) is 9.12. The molecule has 2 aromatic heterocycles. The Hall–Kier alpha value is -3.36. The minimum Gasteiger partial charge on any atom is -1.00 e. The number of rotatable bonds is 13. The fourth-order valence-electron chi connectivity index (χ4n) is 6.85. The van der Waals surface area contributed by atoms with E-state index in [0.29, 0.717) is 12.1 Å². The van der Waals surface area contributed by atoms with Crippen molar-refractivity contribution in [1.82, 2.24) is 9.13 Å². The van der Waals surface area contributed by atoms with Crippen molar-refractivity contribution in [3.8, 4) is 0 Å². The Morgan fingerprint density at radius 1 is 0.636 bits per heavy atom. The summed E-state index contributed by atoms with van der Waals surface area (Å²) in [5.74, 6) is 0. The molecule has 0 spiro atoms. The minimum absolute atomic E-state index is 0. The first kappa shape index (κ1) is 33.5. The van der Waals surface area contributed by atoms with Gasteiger partial charge >= 0.3 is 0 Å². The monoisotopic (exact) mass is 638 g/mol. The number of imidazole rings is 2. The van der Waals surface area contributed by atoms with Crippen LogP contribution in [-0.2, 0) is 26.2 Å². The minimum atomic E-state index is 0. The van der Waals surface area contributed by atoms with Gasteiger partial charge in [-0.15, -0.1) is 0 Å². The van der Waals surface area contributed by atoms with E-state index in [0.717, 1.165) is 50.6 Å². The molecule has 0 radical (unpaired) electrons. The van der Waals surface area contributed by atoms with Crippen LogP contribution < -0.4 is 55.2 Å².